The monoisotopic (exact) mass is 326 g/mol. The van der Waals surface area contributed by atoms with Crippen LogP contribution in [0.15, 0.2) is 24.3 Å². The first kappa shape index (κ1) is 16.6. The second-order valence-corrected chi connectivity index (χ2v) is 5.71. The predicted molar refractivity (Wildman–Crippen MR) is 81.6 cm³/mol. The van der Waals surface area contributed by atoms with E-state index >= 15 is 0 Å². The van der Waals surface area contributed by atoms with Gasteiger partial charge in [0, 0.05) is 24.8 Å². The number of benzene rings is 1. The fourth-order valence-corrected chi connectivity index (χ4v) is 2.40. The molecule has 0 aliphatic carbocycles. The molecule has 1 aromatic carbocycles. The Morgan fingerprint density at radius 1 is 1.27 bits per heavy atom. The lowest BCUT2D eigenvalue weighted by atomic mass is 9.79. The highest BCUT2D eigenvalue weighted by Gasteiger charge is 2.38. The van der Waals surface area contributed by atoms with Crippen molar-refractivity contribution >= 4 is 23.4 Å². The molecule has 2 rings (SSSR count). The van der Waals surface area contributed by atoms with Crippen LogP contribution in [0.3, 0.4) is 0 Å². The van der Waals surface area contributed by atoms with Crippen LogP contribution in [-0.4, -0.2) is 38.2 Å². The lowest BCUT2D eigenvalue weighted by Gasteiger charge is -2.34. The lowest BCUT2D eigenvalue weighted by molar-refractivity contribution is -0.134. The summed E-state index contributed by atoms with van der Waals surface area (Å²) >= 11 is 5.77. The zero-order valence-electron chi connectivity index (χ0n) is 12.1. The van der Waals surface area contributed by atoms with Crippen molar-refractivity contribution in [3.8, 4) is 5.75 Å². The molecule has 0 saturated carbocycles. The van der Waals surface area contributed by atoms with Gasteiger partial charge in [0.2, 0.25) is 5.91 Å². The van der Waals surface area contributed by atoms with Crippen LogP contribution in [-0.2, 0) is 14.3 Å². The van der Waals surface area contributed by atoms with Crippen molar-refractivity contribution in [2.45, 2.75) is 12.8 Å². The van der Waals surface area contributed by atoms with Crippen molar-refractivity contribution in [1.82, 2.24) is 5.32 Å². The van der Waals surface area contributed by atoms with Gasteiger partial charge in [0.25, 0.3) is 5.91 Å². The number of primary amides is 1. The third-order valence-corrected chi connectivity index (χ3v) is 4.03. The zero-order valence-corrected chi connectivity index (χ0v) is 12.9. The number of carbonyl (C=O) groups excluding carboxylic acids is 2. The van der Waals surface area contributed by atoms with E-state index in [0.717, 1.165) is 0 Å². The molecule has 22 heavy (non-hydrogen) atoms. The number of carbonyl (C=O) groups is 2. The van der Waals surface area contributed by atoms with E-state index in [9.17, 15) is 9.59 Å². The molecule has 7 heteroatoms. The largest absolute Gasteiger partial charge is 0.484 e. The summed E-state index contributed by atoms with van der Waals surface area (Å²) in [7, 11) is 0. The number of hydrogen-bond acceptors (Lipinski definition) is 4. The second-order valence-electron chi connectivity index (χ2n) is 5.28. The van der Waals surface area contributed by atoms with E-state index in [0.29, 0.717) is 36.8 Å². The molecule has 6 nitrogen and oxygen atoms in total. The van der Waals surface area contributed by atoms with Crippen molar-refractivity contribution in [3.05, 3.63) is 29.3 Å². The fourth-order valence-electron chi connectivity index (χ4n) is 2.27. The molecule has 1 aromatic rings. The standard InChI is InChI=1S/C15H19ClN2O4/c16-11-1-3-12(4-2-11)22-9-13(19)18-10-15(14(17)20)5-7-21-8-6-15/h1-4H,5-10H2,(H2,17,20)(H,18,19). The van der Waals surface area contributed by atoms with Crippen LogP contribution in [0, 0.1) is 5.41 Å². The number of nitrogens with one attached hydrogen (secondary N) is 1. The van der Waals surface area contributed by atoms with Gasteiger partial charge in [-0.15, -0.1) is 0 Å². The summed E-state index contributed by atoms with van der Waals surface area (Å²) in [6.07, 6.45) is 1.03. The minimum Gasteiger partial charge on any atom is -0.484 e. The highest BCUT2D eigenvalue weighted by molar-refractivity contribution is 6.30. The van der Waals surface area contributed by atoms with Crippen molar-refractivity contribution in [2.24, 2.45) is 11.1 Å². The van der Waals surface area contributed by atoms with Crippen molar-refractivity contribution < 1.29 is 19.1 Å². The number of rotatable bonds is 6. The summed E-state index contributed by atoms with van der Waals surface area (Å²) in [4.78, 5) is 23.5. The first-order chi connectivity index (χ1) is 10.5. The Balaban J connectivity index is 1.81. The Morgan fingerprint density at radius 3 is 2.50 bits per heavy atom. The molecule has 1 heterocycles. The van der Waals surface area contributed by atoms with E-state index in [1.165, 1.54) is 0 Å². The Morgan fingerprint density at radius 2 is 1.91 bits per heavy atom. The lowest BCUT2D eigenvalue weighted by Crippen LogP contribution is -2.50. The van der Waals surface area contributed by atoms with E-state index in [2.05, 4.69) is 5.32 Å². The van der Waals surface area contributed by atoms with Crippen molar-refractivity contribution in [1.29, 1.82) is 0 Å². The van der Waals surface area contributed by atoms with Crippen LogP contribution >= 0.6 is 11.6 Å². The van der Waals surface area contributed by atoms with Crippen LogP contribution in [0.4, 0.5) is 0 Å². The van der Waals surface area contributed by atoms with Gasteiger partial charge >= 0.3 is 0 Å². The summed E-state index contributed by atoms with van der Waals surface area (Å²) in [5, 5.41) is 3.31. The number of halogens is 1. The molecule has 0 unspecified atom stereocenters. The number of hydrogen-bond donors (Lipinski definition) is 2. The average Bonchev–Trinajstić information content (AvgIpc) is 2.53. The van der Waals surface area contributed by atoms with Gasteiger partial charge in [-0.25, -0.2) is 0 Å². The molecule has 0 bridgehead atoms. The SMILES string of the molecule is NC(=O)C1(CNC(=O)COc2ccc(Cl)cc2)CCOCC1. The Hall–Kier alpha value is -1.79. The van der Waals surface area contributed by atoms with E-state index < -0.39 is 11.3 Å². The van der Waals surface area contributed by atoms with Crippen LogP contribution in [0.2, 0.25) is 5.02 Å². The quantitative estimate of drug-likeness (QED) is 0.819. The minimum atomic E-state index is -0.728. The van der Waals surface area contributed by atoms with Gasteiger partial charge in [0.15, 0.2) is 6.61 Å². The maximum atomic E-state index is 11.8. The molecule has 3 N–H and O–H groups in total. The Labute approximate surface area is 133 Å². The zero-order chi connectivity index (χ0) is 16.0. The molecule has 0 spiro atoms. The first-order valence-electron chi connectivity index (χ1n) is 7.05. The van der Waals surface area contributed by atoms with E-state index in [-0.39, 0.29) is 19.1 Å². The molecule has 1 aliphatic heterocycles. The highest BCUT2D eigenvalue weighted by Crippen LogP contribution is 2.29. The van der Waals surface area contributed by atoms with Gasteiger partial charge in [0.1, 0.15) is 5.75 Å². The third kappa shape index (κ3) is 4.35. The fraction of sp³-hybridized carbons (Fsp3) is 0.467. The van der Waals surface area contributed by atoms with Gasteiger partial charge in [-0.2, -0.15) is 0 Å². The average molecular weight is 327 g/mol. The Bertz CT molecular complexity index is 527. The molecular weight excluding hydrogens is 308 g/mol. The first-order valence-corrected chi connectivity index (χ1v) is 7.42. The number of ether oxygens (including phenoxy) is 2. The Kier molecular flexibility index (Phi) is 5.63. The minimum absolute atomic E-state index is 0.132. The molecule has 0 radical (unpaired) electrons. The molecule has 120 valence electrons. The summed E-state index contributed by atoms with van der Waals surface area (Å²) in [6.45, 7) is 1.02. The number of nitrogens with two attached hydrogens (primary N) is 1. The van der Waals surface area contributed by atoms with Crippen LogP contribution in [0.1, 0.15) is 12.8 Å². The van der Waals surface area contributed by atoms with E-state index in [1.54, 1.807) is 24.3 Å². The summed E-state index contributed by atoms with van der Waals surface area (Å²) in [5.41, 5.74) is 4.75. The normalized spacial score (nSPS) is 16.8. The van der Waals surface area contributed by atoms with E-state index in [4.69, 9.17) is 26.8 Å². The summed E-state index contributed by atoms with van der Waals surface area (Å²) < 4.78 is 10.6. The van der Waals surface area contributed by atoms with Crippen LogP contribution in [0.5, 0.6) is 5.75 Å². The van der Waals surface area contributed by atoms with Gasteiger partial charge in [0.05, 0.1) is 5.41 Å². The van der Waals surface area contributed by atoms with Gasteiger partial charge < -0.3 is 20.5 Å². The molecule has 2 amide bonds. The number of amides is 2. The van der Waals surface area contributed by atoms with Crippen LogP contribution in [0.25, 0.3) is 0 Å². The van der Waals surface area contributed by atoms with Crippen molar-refractivity contribution in [2.75, 3.05) is 26.4 Å². The molecule has 1 fully saturated rings. The molecular formula is C15H19ClN2O4. The molecule has 0 aromatic heterocycles. The summed E-state index contributed by atoms with van der Waals surface area (Å²) in [6, 6.07) is 6.72. The van der Waals surface area contributed by atoms with E-state index in [1.807, 2.05) is 0 Å². The summed E-state index contributed by atoms with van der Waals surface area (Å²) in [5.74, 6) is -0.160. The van der Waals surface area contributed by atoms with Gasteiger partial charge in [-0.1, -0.05) is 11.6 Å². The van der Waals surface area contributed by atoms with Gasteiger partial charge in [-0.3, -0.25) is 9.59 Å². The highest BCUT2D eigenvalue weighted by atomic mass is 35.5. The molecule has 1 saturated heterocycles. The second kappa shape index (κ2) is 7.47. The predicted octanol–water partition coefficient (Wildman–Crippen LogP) is 1.12. The third-order valence-electron chi connectivity index (χ3n) is 3.78. The van der Waals surface area contributed by atoms with Crippen molar-refractivity contribution in [3.63, 3.8) is 0 Å². The molecule has 1 aliphatic rings. The smallest absolute Gasteiger partial charge is 0.257 e. The van der Waals surface area contributed by atoms with Gasteiger partial charge in [-0.05, 0) is 37.1 Å². The molecule has 0 atom stereocenters. The maximum absolute atomic E-state index is 11.8. The van der Waals surface area contributed by atoms with Crippen LogP contribution < -0.4 is 15.8 Å². The topological polar surface area (TPSA) is 90.7 Å². The maximum Gasteiger partial charge on any atom is 0.257 e.